The summed E-state index contributed by atoms with van der Waals surface area (Å²) in [4.78, 5) is 17.1. The van der Waals surface area contributed by atoms with Gasteiger partial charge in [0.25, 0.3) is 0 Å². The van der Waals surface area contributed by atoms with Gasteiger partial charge in [-0.05, 0) is 111 Å². The Kier molecular flexibility index (Phi) is 15.6. The molecule has 2 N–H and O–H groups in total. The Morgan fingerprint density at radius 3 is 1.82 bits per heavy atom. The number of aromatic nitrogens is 4. The maximum Gasteiger partial charge on any atom is 0.406 e. The summed E-state index contributed by atoms with van der Waals surface area (Å²) < 4.78 is 131. The first-order valence-electron chi connectivity index (χ1n) is 18.3. The number of sulfonamides is 2. The van der Waals surface area contributed by atoms with Crippen LogP contribution >= 0.6 is 46.7 Å². The molecule has 0 aliphatic carbocycles. The van der Waals surface area contributed by atoms with Crippen LogP contribution in [0.5, 0.6) is 0 Å². The van der Waals surface area contributed by atoms with Crippen LogP contribution in [0.1, 0.15) is 33.4 Å². The predicted molar refractivity (Wildman–Crippen MR) is 234 cm³/mol. The number of alkyl halides is 6. The molecule has 0 amide bonds. The lowest BCUT2D eigenvalue weighted by atomic mass is 10.1. The highest BCUT2D eigenvalue weighted by Crippen LogP contribution is 2.40. The van der Waals surface area contributed by atoms with E-state index in [1.807, 2.05) is 52.7 Å². The molecule has 7 rings (SSSR count). The van der Waals surface area contributed by atoms with Crippen molar-refractivity contribution in [2.24, 2.45) is 0 Å². The highest BCUT2D eigenvalue weighted by atomic mass is 32.2. The van der Waals surface area contributed by atoms with Crippen LogP contribution in [-0.2, 0) is 20.0 Å². The lowest BCUT2D eigenvalue weighted by molar-refractivity contribution is -0.145. The SMILES string of the molecule is Cc1cc(C)c(S(=O)(=O)N2CC2C(F)(F)F)c(C)c1.Cc1cc(C)c(S(=O)(=O)NC(CSc2nccc(-c3cccs3)n2)C(F)(F)F)c(C)c1.S=c1nccc(-c2cccs2)[nH]1. The fraction of sp³-hybridized carbons (Fsp3) is 0.300. The van der Waals surface area contributed by atoms with Gasteiger partial charge in [-0.1, -0.05) is 59.3 Å². The molecule has 0 saturated carbocycles. The summed E-state index contributed by atoms with van der Waals surface area (Å²) in [6, 6.07) is 13.7. The Morgan fingerprint density at radius 2 is 1.34 bits per heavy atom. The molecule has 3 unspecified atom stereocenters. The molecule has 62 heavy (non-hydrogen) atoms. The van der Waals surface area contributed by atoms with Crippen LogP contribution in [0.2, 0.25) is 0 Å². The molecule has 332 valence electrons. The van der Waals surface area contributed by atoms with Crippen LogP contribution in [0.4, 0.5) is 26.3 Å². The molecule has 0 radical (unpaired) electrons. The van der Waals surface area contributed by atoms with E-state index in [2.05, 4.69) is 19.9 Å². The molecular formula is C40H40F6N6O4S6. The van der Waals surface area contributed by atoms with Crippen molar-refractivity contribution in [2.75, 3.05) is 12.3 Å². The zero-order valence-corrected chi connectivity index (χ0v) is 38.7. The number of rotatable bonds is 10. The predicted octanol–water partition coefficient (Wildman–Crippen LogP) is 10.5. The van der Waals surface area contributed by atoms with Gasteiger partial charge in [0.05, 0.1) is 30.9 Å². The largest absolute Gasteiger partial charge is 0.406 e. The van der Waals surface area contributed by atoms with E-state index >= 15 is 0 Å². The molecule has 5 heterocycles. The van der Waals surface area contributed by atoms with Gasteiger partial charge in [-0.3, -0.25) is 0 Å². The summed E-state index contributed by atoms with van der Waals surface area (Å²) in [6.45, 7) is 9.44. The summed E-state index contributed by atoms with van der Waals surface area (Å²) in [6.07, 6.45) is -6.10. The molecule has 1 saturated heterocycles. The molecule has 1 aliphatic rings. The third-order valence-electron chi connectivity index (χ3n) is 8.93. The smallest absolute Gasteiger partial charge is 0.330 e. The molecule has 4 aromatic heterocycles. The van der Waals surface area contributed by atoms with Gasteiger partial charge >= 0.3 is 12.4 Å². The van der Waals surface area contributed by atoms with Crippen LogP contribution in [0.3, 0.4) is 0 Å². The van der Waals surface area contributed by atoms with Gasteiger partial charge < -0.3 is 4.98 Å². The standard InChI is InChI=1S/C20H20F3N3O2S3.C12H14F3NO2S.C8H6N2S2/c1-12-9-13(2)18(14(3)10-12)31(27,28)26-17(20(21,22)23)11-30-19-24-7-6-15(25-19)16-5-4-8-29-16;1-7-4-8(2)11(9(3)5-7)19(17,18)16-6-10(16)12(13,14)15;11-8-9-4-3-6(10-8)7-2-1-5-12-7/h4-10,17,26H,11H2,1-3H3;4-5,10H,6H2,1-3H3;1-5H,(H,9,10,11). The van der Waals surface area contributed by atoms with E-state index in [0.717, 1.165) is 33.5 Å². The highest BCUT2D eigenvalue weighted by molar-refractivity contribution is 7.99. The molecule has 22 heteroatoms. The van der Waals surface area contributed by atoms with Crippen LogP contribution in [0.15, 0.2) is 98.8 Å². The van der Waals surface area contributed by atoms with Crippen molar-refractivity contribution in [1.29, 1.82) is 0 Å². The van der Waals surface area contributed by atoms with Crippen molar-refractivity contribution in [3.63, 3.8) is 0 Å². The van der Waals surface area contributed by atoms with Gasteiger partial charge in [0.2, 0.25) is 20.0 Å². The zero-order chi connectivity index (χ0) is 45.8. The summed E-state index contributed by atoms with van der Waals surface area (Å²) in [7, 11) is -8.45. The third kappa shape index (κ3) is 12.6. The van der Waals surface area contributed by atoms with E-state index in [9.17, 15) is 43.2 Å². The van der Waals surface area contributed by atoms with Gasteiger partial charge in [-0.2, -0.15) is 35.4 Å². The summed E-state index contributed by atoms with van der Waals surface area (Å²) in [5.41, 5.74) is 5.09. The first kappa shape index (κ1) is 49.0. The summed E-state index contributed by atoms with van der Waals surface area (Å²) in [5, 5.41) is 4.04. The number of benzene rings is 2. The number of hydrogen-bond acceptors (Lipinski definition) is 11. The Morgan fingerprint density at radius 1 is 0.806 bits per heavy atom. The maximum absolute atomic E-state index is 13.7. The first-order chi connectivity index (χ1) is 28.9. The minimum Gasteiger partial charge on any atom is -0.330 e. The quantitative estimate of drug-likeness (QED) is 0.0452. The van der Waals surface area contributed by atoms with Gasteiger partial charge in [-0.15, -0.1) is 22.7 Å². The molecule has 3 atom stereocenters. The molecular weight excluding hydrogens is 935 g/mol. The van der Waals surface area contributed by atoms with E-state index in [4.69, 9.17) is 12.2 Å². The number of H-pyrrole nitrogens is 1. The molecule has 2 aromatic carbocycles. The summed E-state index contributed by atoms with van der Waals surface area (Å²) >= 11 is 8.79. The zero-order valence-electron chi connectivity index (χ0n) is 33.8. The second-order valence-corrected chi connectivity index (χ2v) is 20.8. The summed E-state index contributed by atoms with van der Waals surface area (Å²) in [5.74, 6) is -0.597. The average molecular weight is 975 g/mol. The van der Waals surface area contributed by atoms with Crippen LogP contribution in [0.25, 0.3) is 21.1 Å². The topological polar surface area (TPSA) is 138 Å². The Bertz CT molecular complexity index is 2730. The Hall–Kier alpha value is -4.03. The molecule has 10 nitrogen and oxygen atoms in total. The van der Waals surface area contributed by atoms with Crippen molar-refractivity contribution in [1.82, 2.24) is 29.0 Å². The fourth-order valence-corrected chi connectivity index (χ4v) is 12.7. The fourth-order valence-electron chi connectivity index (χ4n) is 6.45. The van der Waals surface area contributed by atoms with E-state index in [-0.39, 0.29) is 14.9 Å². The Labute approximate surface area is 373 Å². The highest BCUT2D eigenvalue weighted by Gasteiger charge is 2.60. The van der Waals surface area contributed by atoms with Crippen molar-refractivity contribution >= 4 is 66.7 Å². The molecule has 0 spiro atoms. The van der Waals surface area contributed by atoms with Crippen LogP contribution < -0.4 is 4.72 Å². The number of halogens is 6. The number of aryl methyl sites for hydroxylation is 6. The van der Waals surface area contributed by atoms with E-state index in [0.29, 0.717) is 37.0 Å². The lowest BCUT2D eigenvalue weighted by Crippen LogP contribution is -2.47. The number of thiophene rings is 2. The molecule has 0 bridgehead atoms. The van der Waals surface area contributed by atoms with Gasteiger partial charge in [-0.25, -0.2) is 31.8 Å². The molecule has 6 aromatic rings. The van der Waals surface area contributed by atoms with Crippen LogP contribution in [0, 0.1) is 46.3 Å². The normalized spacial score (nSPS) is 15.8. The van der Waals surface area contributed by atoms with Crippen molar-refractivity contribution in [3.8, 4) is 21.1 Å². The average Bonchev–Trinajstić information content (AvgIpc) is 3.51. The number of aromatic amines is 1. The first-order valence-corrected chi connectivity index (χ1v) is 24.4. The van der Waals surface area contributed by atoms with E-state index in [1.165, 1.54) is 22.4 Å². The molecule has 1 aliphatic heterocycles. The second kappa shape index (κ2) is 19.8. The van der Waals surface area contributed by atoms with Crippen molar-refractivity contribution < 1.29 is 43.2 Å². The maximum atomic E-state index is 13.7. The minimum atomic E-state index is -4.78. The number of thioether (sulfide) groups is 1. The van der Waals surface area contributed by atoms with Crippen LogP contribution in [-0.4, -0.2) is 77.8 Å². The van der Waals surface area contributed by atoms with Crippen molar-refractivity contribution in [2.45, 2.75) is 80.9 Å². The molecule has 1 fully saturated rings. The lowest BCUT2D eigenvalue weighted by Gasteiger charge is -2.22. The Balaban J connectivity index is 0.000000197. The van der Waals surface area contributed by atoms with Crippen molar-refractivity contribution in [3.05, 3.63) is 122 Å². The monoisotopic (exact) mass is 974 g/mol. The number of nitrogens with zero attached hydrogens (tertiary/aromatic N) is 4. The third-order valence-corrected chi connectivity index (χ3v) is 15.8. The van der Waals surface area contributed by atoms with E-state index in [1.54, 1.807) is 82.5 Å². The number of nitrogens with one attached hydrogen (secondary N) is 2. The van der Waals surface area contributed by atoms with Gasteiger partial charge in [0.1, 0.15) is 12.1 Å². The second-order valence-electron chi connectivity index (χ2n) is 14.1. The minimum absolute atomic E-state index is 0.00940. The van der Waals surface area contributed by atoms with E-state index < -0.39 is 56.8 Å². The number of hydrogen-bond donors (Lipinski definition) is 2. The van der Waals surface area contributed by atoms with Gasteiger partial charge in [0, 0.05) is 24.7 Å². The van der Waals surface area contributed by atoms with Gasteiger partial charge in [0.15, 0.2) is 9.93 Å².